The van der Waals surface area contributed by atoms with E-state index in [0.29, 0.717) is 0 Å². The Kier molecular flexibility index (Phi) is 5.33. The summed E-state index contributed by atoms with van der Waals surface area (Å²) in [6.45, 7) is 3.93. The van der Waals surface area contributed by atoms with Crippen LogP contribution >= 0.6 is 11.3 Å². The van der Waals surface area contributed by atoms with E-state index in [1.54, 1.807) is 42.5 Å². The Morgan fingerprint density at radius 1 is 1.41 bits per heavy atom. The fourth-order valence-electron chi connectivity index (χ4n) is 2.14. The summed E-state index contributed by atoms with van der Waals surface area (Å²) in [4.78, 5) is 18.3. The number of ether oxygens (including phenoxy) is 1. The highest BCUT2D eigenvalue weighted by Gasteiger charge is 2.18. The van der Waals surface area contributed by atoms with Gasteiger partial charge in [-0.15, -0.1) is 11.3 Å². The minimum absolute atomic E-state index is 0.0657. The summed E-state index contributed by atoms with van der Waals surface area (Å²) in [6, 6.07) is 7.66. The molecule has 0 bridgehead atoms. The van der Waals surface area contributed by atoms with Crippen molar-refractivity contribution in [3.8, 4) is 5.75 Å². The fourth-order valence-corrected chi connectivity index (χ4v) is 2.72. The van der Waals surface area contributed by atoms with Crippen LogP contribution < -0.4 is 4.74 Å². The van der Waals surface area contributed by atoms with Crippen molar-refractivity contribution >= 4 is 23.3 Å². The number of carbonyl (C=O) groups excluding carboxylic acids is 1. The van der Waals surface area contributed by atoms with Crippen LogP contribution in [0.4, 0.5) is 0 Å². The van der Waals surface area contributed by atoms with Gasteiger partial charge >= 0.3 is 0 Å². The number of likely N-dealkylation sites (N-methyl/N-ethyl adjacent to an activating group) is 1. The molecule has 1 heterocycles. The second-order valence-corrected chi connectivity index (χ2v) is 6.05. The van der Waals surface area contributed by atoms with Crippen LogP contribution in [0.2, 0.25) is 0 Å². The SMILES string of the molecule is COc1ccccc1[C@H](C)N(C)C(=O)/C=C/c1csc(C)n1. The summed E-state index contributed by atoms with van der Waals surface area (Å²) in [5, 5.41) is 2.92. The Balaban J connectivity index is 2.11. The van der Waals surface area contributed by atoms with Crippen LogP contribution in [-0.2, 0) is 4.79 Å². The Labute approximate surface area is 135 Å². The lowest BCUT2D eigenvalue weighted by atomic mass is 10.1. The number of hydrogen-bond donors (Lipinski definition) is 0. The van der Waals surface area contributed by atoms with Gasteiger partial charge in [0, 0.05) is 24.1 Å². The Morgan fingerprint density at radius 3 is 2.77 bits per heavy atom. The van der Waals surface area contributed by atoms with E-state index in [0.717, 1.165) is 22.0 Å². The molecule has 0 saturated heterocycles. The standard InChI is InChI=1S/C17H20N2O2S/c1-12(15-7-5-6-8-16(15)21-4)19(3)17(20)10-9-14-11-22-13(2)18-14/h5-12H,1-4H3/b10-9+/t12-/m0/s1. The molecule has 2 rings (SSSR count). The van der Waals surface area contributed by atoms with Crippen LogP contribution in [0.5, 0.6) is 5.75 Å². The maximum atomic E-state index is 12.3. The molecule has 0 aliphatic carbocycles. The number of carbonyl (C=O) groups is 1. The second-order valence-electron chi connectivity index (χ2n) is 4.99. The van der Waals surface area contributed by atoms with E-state index in [1.807, 2.05) is 43.5 Å². The van der Waals surface area contributed by atoms with Crippen LogP contribution in [0.25, 0.3) is 6.08 Å². The largest absolute Gasteiger partial charge is 0.496 e. The number of methoxy groups -OCH3 is 1. The summed E-state index contributed by atoms with van der Waals surface area (Å²) in [5.41, 5.74) is 1.80. The van der Waals surface area contributed by atoms with Gasteiger partial charge in [-0.1, -0.05) is 18.2 Å². The zero-order chi connectivity index (χ0) is 16.1. The number of aryl methyl sites for hydroxylation is 1. The van der Waals surface area contributed by atoms with E-state index >= 15 is 0 Å². The summed E-state index contributed by atoms with van der Waals surface area (Å²) >= 11 is 1.57. The number of thiazole rings is 1. The Hall–Kier alpha value is -2.14. The molecule has 4 nitrogen and oxygen atoms in total. The molecule has 0 fully saturated rings. The van der Waals surface area contributed by atoms with Gasteiger partial charge in [0.15, 0.2) is 0 Å². The molecule has 5 heteroatoms. The van der Waals surface area contributed by atoms with Gasteiger partial charge in [-0.2, -0.15) is 0 Å². The van der Waals surface area contributed by atoms with Gasteiger partial charge in [0.1, 0.15) is 5.75 Å². The third-order valence-electron chi connectivity index (χ3n) is 3.55. The molecule has 0 spiro atoms. The summed E-state index contributed by atoms with van der Waals surface area (Å²) in [5.74, 6) is 0.720. The molecule has 0 aliphatic rings. The number of nitrogens with zero attached hydrogens (tertiary/aromatic N) is 2. The number of amides is 1. The maximum absolute atomic E-state index is 12.3. The number of rotatable bonds is 5. The highest BCUT2D eigenvalue weighted by atomic mass is 32.1. The molecule has 0 saturated carbocycles. The average molecular weight is 316 g/mol. The lowest BCUT2D eigenvalue weighted by Crippen LogP contribution is -2.28. The molecule has 1 aromatic carbocycles. The van der Waals surface area contributed by atoms with E-state index < -0.39 is 0 Å². The first kappa shape index (κ1) is 16.2. The Morgan fingerprint density at radius 2 is 2.14 bits per heavy atom. The first-order valence-corrected chi connectivity index (χ1v) is 7.90. The molecule has 0 aliphatic heterocycles. The highest BCUT2D eigenvalue weighted by molar-refractivity contribution is 7.09. The van der Waals surface area contributed by atoms with E-state index in [4.69, 9.17) is 4.74 Å². The average Bonchev–Trinajstić information content (AvgIpc) is 2.96. The van der Waals surface area contributed by atoms with Crippen molar-refractivity contribution in [2.24, 2.45) is 0 Å². The van der Waals surface area contributed by atoms with Crippen LogP contribution in [-0.4, -0.2) is 29.9 Å². The molecular formula is C17H20N2O2S. The molecule has 0 unspecified atom stereocenters. The minimum atomic E-state index is -0.0783. The smallest absolute Gasteiger partial charge is 0.246 e. The predicted octanol–water partition coefficient (Wildman–Crippen LogP) is 3.69. The molecule has 2 aromatic rings. The number of benzene rings is 1. The van der Waals surface area contributed by atoms with Crippen molar-refractivity contribution in [1.82, 2.24) is 9.88 Å². The van der Waals surface area contributed by atoms with Gasteiger partial charge in [-0.3, -0.25) is 4.79 Å². The first-order valence-electron chi connectivity index (χ1n) is 7.03. The summed E-state index contributed by atoms with van der Waals surface area (Å²) < 4.78 is 5.36. The molecule has 1 amide bonds. The molecule has 1 atom stereocenters. The van der Waals surface area contributed by atoms with Crippen LogP contribution in [0, 0.1) is 6.92 Å². The van der Waals surface area contributed by atoms with Crippen LogP contribution in [0.3, 0.4) is 0 Å². The van der Waals surface area contributed by atoms with Crippen molar-refractivity contribution in [3.05, 3.63) is 52.0 Å². The Bertz CT molecular complexity index is 679. The van der Waals surface area contributed by atoms with Crippen molar-refractivity contribution in [3.63, 3.8) is 0 Å². The van der Waals surface area contributed by atoms with Crippen LogP contribution in [0.15, 0.2) is 35.7 Å². The first-order chi connectivity index (χ1) is 10.5. The monoisotopic (exact) mass is 316 g/mol. The molecule has 0 N–H and O–H groups in total. The highest BCUT2D eigenvalue weighted by Crippen LogP contribution is 2.28. The predicted molar refractivity (Wildman–Crippen MR) is 90.1 cm³/mol. The number of hydrogen-bond acceptors (Lipinski definition) is 4. The third-order valence-corrected chi connectivity index (χ3v) is 4.34. The zero-order valence-electron chi connectivity index (χ0n) is 13.2. The zero-order valence-corrected chi connectivity index (χ0v) is 14.1. The van der Waals surface area contributed by atoms with Gasteiger partial charge in [-0.05, 0) is 26.0 Å². The molecule has 0 radical (unpaired) electrons. The molecule has 116 valence electrons. The van der Waals surface area contributed by atoms with Crippen LogP contribution in [0.1, 0.15) is 29.2 Å². The van der Waals surface area contributed by atoms with Crippen molar-refractivity contribution < 1.29 is 9.53 Å². The topological polar surface area (TPSA) is 42.4 Å². The fraction of sp³-hybridized carbons (Fsp3) is 0.294. The van der Waals surface area contributed by atoms with E-state index in [-0.39, 0.29) is 11.9 Å². The van der Waals surface area contributed by atoms with Gasteiger partial charge in [-0.25, -0.2) is 4.98 Å². The normalized spacial score (nSPS) is 12.4. The number of aromatic nitrogens is 1. The molecule has 22 heavy (non-hydrogen) atoms. The van der Waals surface area contributed by atoms with Gasteiger partial charge in [0.25, 0.3) is 0 Å². The van der Waals surface area contributed by atoms with Crippen molar-refractivity contribution in [2.75, 3.05) is 14.2 Å². The second kappa shape index (κ2) is 7.22. The third kappa shape index (κ3) is 3.74. The van der Waals surface area contributed by atoms with Gasteiger partial charge < -0.3 is 9.64 Å². The van der Waals surface area contributed by atoms with Gasteiger partial charge in [0.2, 0.25) is 5.91 Å². The quantitative estimate of drug-likeness (QED) is 0.790. The van der Waals surface area contributed by atoms with E-state index in [1.165, 1.54) is 0 Å². The molecule has 1 aromatic heterocycles. The lowest BCUT2D eigenvalue weighted by Gasteiger charge is -2.25. The van der Waals surface area contributed by atoms with Crippen molar-refractivity contribution in [2.45, 2.75) is 19.9 Å². The maximum Gasteiger partial charge on any atom is 0.246 e. The summed E-state index contributed by atoms with van der Waals surface area (Å²) in [6.07, 6.45) is 3.30. The van der Waals surface area contributed by atoms with Crippen molar-refractivity contribution in [1.29, 1.82) is 0 Å². The van der Waals surface area contributed by atoms with E-state index in [2.05, 4.69) is 4.98 Å². The molecular weight excluding hydrogens is 296 g/mol. The minimum Gasteiger partial charge on any atom is -0.496 e. The lowest BCUT2D eigenvalue weighted by molar-refractivity contribution is -0.126. The van der Waals surface area contributed by atoms with Gasteiger partial charge in [0.05, 0.1) is 23.9 Å². The summed E-state index contributed by atoms with van der Waals surface area (Å²) in [7, 11) is 3.42. The van der Waals surface area contributed by atoms with E-state index in [9.17, 15) is 4.79 Å². The number of para-hydroxylation sites is 1.